The van der Waals surface area contributed by atoms with Crippen molar-refractivity contribution in [1.29, 1.82) is 0 Å². The second kappa shape index (κ2) is 9.40. The van der Waals surface area contributed by atoms with Gasteiger partial charge in [-0.15, -0.1) is 0 Å². The summed E-state index contributed by atoms with van der Waals surface area (Å²) in [7, 11) is 3.80. The van der Waals surface area contributed by atoms with Crippen LogP contribution in [-0.2, 0) is 9.59 Å². The number of likely N-dealkylation sites (tertiary alicyclic amines) is 1. The molecule has 3 rings (SSSR count). The Morgan fingerprint density at radius 1 is 1.19 bits per heavy atom. The van der Waals surface area contributed by atoms with Crippen molar-refractivity contribution in [3.63, 3.8) is 0 Å². The minimum atomic E-state index is -0.911. The van der Waals surface area contributed by atoms with Gasteiger partial charge in [-0.05, 0) is 44.8 Å². The lowest BCUT2D eigenvalue weighted by Crippen LogP contribution is -2.32. The quantitative estimate of drug-likeness (QED) is 0.210. The van der Waals surface area contributed by atoms with Crippen LogP contribution in [0.3, 0.4) is 0 Å². The Labute approximate surface area is 188 Å². The minimum Gasteiger partial charge on any atom is -0.507 e. The van der Waals surface area contributed by atoms with Gasteiger partial charge in [0, 0.05) is 28.7 Å². The zero-order valence-electron chi connectivity index (χ0n) is 17.1. The lowest BCUT2D eigenvalue weighted by Gasteiger charge is -2.25. The number of amides is 1. The molecule has 0 unspecified atom stereocenters. The lowest BCUT2D eigenvalue weighted by atomic mass is 9.95. The minimum absolute atomic E-state index is 0.0716. The number of halogens is 1. The van der Waals surface area contributed by atoms with Gasteiger partial charge in [0.05, 0.1) is 16.5 Å². The molecule has 1 saturated heterocycles. The van der Waals surface area contributed by atoms with Crippen molar-refractivity contribution in [1.82, 2.24) is 9.80 Å². The van der Waals surface area contributed by atoms with Crippen LogP contribution in [0.25, 0.3) is 5.76 Å². The zero-order chi connectivity index (χ0) is 22.7. The van der Waals surface area contributed by atoms with Crippen molar-refractivity contribution in [2.75, 3.05) is 27.2 Å². The van der Waals surface area contributed by atoms with Crippen LogP contribution in [-0.4, -0.2) is 58.7 Å². The fourth-order valence-corrected chi connectivity index (χ4v) is 3.85. The molecule has 1 aliphatic heterocycles. The lowest BCUT2D eigenvalue weighted by molar-refractivity contribution is -0.384. The summed E-state index contributed by atoms with van der Waals surface area (Å²) >= 11 is 3.32. The average molecular weight is 488 g/mol. The second-order valence-corrected chi connectivity index (χ2v) is 8.42. The molecule has 1 aliphatic rings. The number of carbonyl (C=O) groups excluding carboxylic acids is 2. The van der Waals surface area contributed by atoms with Crippen molar-refractivity contribution in [2.24, 2.45) is 0 Å². The number of aliphatic hydroxyl groups excluding tert-OH is 1. The van der Waals surface area contributed by atoms with E-state index in [2.05, 4.69) is 15.9 Å². The first-order valence-corrected chi connectivity index (χ1v) is 10.4. The Bertz CT molecular complexity index is 1050. The van der Waals surface area contributed by atoms with E-state index in [4.69, 9.17) is 0 Å². The van der Waals surface area contributed by atoms with Crippen LogP contribution >= 0.6 is 15.9 Å². The Kier molecular flexibility index (Phi) is 6.87. The molecule has 0 aliphatic carbocycles. The summed E-state index contributed by atoms with van der Waals surface area (Å²) in [5.41, 5.74) is 0.555. The van der Waals surface area contributed by atoms with E-state index >= 15 is 0 Å². The third kappa shape index (κ3) is 4.83. The van der Waals surface area contributed by atoms with Crippen LogP contribution < -0.4 is 0 Å². The summed E-state index contributed by atoms with van der Waals surface area (Å²) in [6.07, 6.45) is 0.601. The number of hydrogen-bond acceptors (Lipinski definition) is 6. The molecule has 0 aromatic heterocycles. The van der Waals surface area contributed by atoms with E-state index in [1.54, 1.807) is 30.3 Å². The van der Waals surface area contributed by atoms with E-state index in [0.29, 0.717) is 24.1 Å². The van der Waals surface area contributed by atoms with Gasteiger partial charge in [0.25, 0.3) is 17.4 Å². The van der Waals surface area contributed by atoms with Gasteiger partial charge in [-0.3, -0.25) is 19.7 Å². The normalized spacial score (nSPS) is 18.1. The highest BCUT2D eigenvalue weighted by atomic mass is 79.9. The molecule has 162 valence electrons. The molecule has 2 aromatic carbocycles. The Balaban J connectivity index is 2.13. The van der Waals surface area contributed by atoms with Gasteiger partial charge in [0.1, 0.15) is 5.76 Å². The van der Waals surface area contributed by atoms with Crippen LogP contribution in [0.5, 0.6) is 0 Å². The van der Waals surface area contributed by atoms with Gasteiger partial charge in [-0.1, -0.05) is 40.2 Å². The van der Waals surface area contributed by atoms with E-state index < -0.39 is 22.7 Å². The second-order valence-electron chi connectivity index (χ2n) is 7.51. The number of ketones is 1. The molecule has 9 heteroatoms. The highest BCUT2D eigenvalue weighted by Gasteiger charge is 2.46. The summed E-state index contributed by atoms with van der Waals surface area (Å²) < 4.78 is 0.795. The van der Waals surface area contributed by atoms with E-state index in [0.717, 1.165) is 4.47 Å². The fourth-order valence-electron chi connectivity index (χ4n) is 3.59. The van der Waals surface area contributed by atoms with Crippen molar-refractivity contribution in [2.45, 2.75) is 12.5 Å². The monoisotopic (exact) mass is 487 g/mol. The van der Waals surface area contributed by atoms with Gasteiger partial charge >= 0.3 is 0 Å². The molecule has 0 spiro atoms. The molecule has 1 atom stereocenters. The molecule has 1 amide bonds. The maximum absolute atomic E-state index is 12.9. The molecule has 1 N–H and O–H groups in total. The number of nitro benzene ring substituents is 1. The standard InChI is InChI=1S/C22H22BrN3O5/c1-24(2)11-4-12-25-19(15-5-3-6-17(13-15)26(30)31)18(21(28)22(25)29)20(27)14-7-9-16(23)10-8-14/h3,5-10,13,19,27H,4,11-12H2,1-2H3/b20-18+/t19-/m1/s1. The summed E-state index contributed by atoms with van der Waals surface area (Å²) in [5, 5.41) is 22.2. The number of hydrogen-bond donors (Lipinski definition) is 1. The highest BCUT2D eigenvalue weighted by molar-refractivity contribution is 9.10. The third-order valence-electron chi connectivity index (χ3n) is 5.06. The van der Waals surface area contributed by atoms with Gasteiger partial charge in [0.2, 0.25) is 0 Å². The number of non-ortho nitro benzene ring substituents is 1. The smallest absolute Gasteiger partial charge is 0.295 e. The van der Waals surface area contributed by atoms with E-state index in [1.807, 2.05) is 19.0 Å². The van der Waals surface area contributed by atoms with Crippen molar-refractivity contribution in [3.8, 4) is 0 Å². The first-order valence-electron chi connectivity index (χ1n) is 9.64. The largest absolute Gasteiger partial charge is 0.507 e. The van der Waals surface area contributed by atoms with Crippen LogP contribution in [0.15, 0.2) is 58.6 Å². The highest BCUT2D eigenvalue weighted by Crippen LogP contribution is 2.40. The number of nitrogens with zero attached hydrogens (tertiary/aromatic N) is 3. The van der Waals surface area contributed by atoms with Crippen LogP contribution in [0.4, 0.5) is 5.69 Å². The number of rotatable bonds is 7. The van der Waals surface area contributed by atoms with Gasteiger partial charge in [-0.25, -0.2) is 0 Å². The van der Waals surface area contributed by atoms with Gasteiger partial charge in [0.15, 0.2) is 0 Å². The first kappa shape index (κ1) is 22.6. The SMILES string of the molecule is CN(C)CCCN1C(=O)C(=O)/C(=C(/O)c2ccc(Br)cc2)[C@H]1c1cccc([N+](=O)[O-])c1. The molecule has 8 nitrogen and oxygen atoms in total. The molecule has 1 heterocycles. The molecule has 0 saturated carbocycles. The average Bonchev–Trinajstić information content (AvgIpc) is 2.98. The summed E-state index contributed by atoms with van der Waals surface area (Å²) in [4.78, 5) is 39.9. The molecule has 2 aromatic rings. The van der Waals surface area contributed by atoms with Gasteiger partial charge < -0.3 is 14.9 Å². The molecular formula is C22H22BrN3O5. The van der Waals surface area contributed by atoms with E-state index in [9.17, 15) is 24.8 Å². The number of benzene rings is 2. The third-order valence-corrected chi connectivity index (χ3v) is 5.59. The molecule has 31 heavy (non-hydrogen) atoms. The summed E-state index contributed by atoms with van der Waals surface area (Å²) in [6.45, 7) is 0.963. The summed E-state index contributed by atoms with van der Waals surface area (Å²) in [5.74, 6) is -1.84. The van der Waals surface area contributed by atoms with Crippen LogP contribution in [0, 0.1) is 10.1 Å². The number of carbonyl (C=O) groups is 2. The molecule has 0 radical (unpaired) electrons. The van der Waals surface area contributed by atoms with Crippen molar-refractivity contribution >= 4 is 39.1 Å². The molecular weight excluding hydrogens is 466 g/mol. The van der Waals surface area contributed by atoms with Crippen molar-refractivity contribution in [3.05, 3.63) is 79.8 Å². The molecule has 0 bridgehead atoms. The first-order chi connectivity index (χ1) is 14.7. The maximum atomic E-state index is 12.9. The fraction of sp³-hybridized carbons (Fsp3) is 0.273. The molecule has 1 fully saturated rings. The zero-order valence-corrected chi connectivity index (χ0v) is 18.7. The topological polar surface area (TPSA) is 104 Å². The number of nitro groups is 1. The predicted octanol–water partition coefficient (Wildman–Crippen LogP) is 3.73. The van der Waals surface area contributed by atoms with Crippen molar-refractivity contribution < 1.29 is 19.6 Å². The Morgan fingerprint density at radius 2 is 1.87 bits per heavy atom. The van der Waals surface area contributed by atoms with Crippen LogP contribution in [0.1, 0.15) is 23.6 Å². The number of aliphatic hydroxyl groups is 1. The maximum Gasteiger partial charge on any atom is 0.295 e. The van der Waals surface area contributed by atoms with E-state index in [1.165, 1.54) is 23.1 Å². The number of Topliss-reactive ketones (excluding diaryl/α,β-unsaturated/α-hetero) is 1. The van der Waals surface area contributed by atoms with Gasteiger partial charge in [-0.2, -0.15) is 0 Å². The predicted molar refractivity (Wildman–Crippen MR) is 119 cm³/mol. The summed E-state index contributed by atoms with van der Waals surface area (Å²) in [6, 6.07) is 11.6. The van der Waals surface area contributed by atoms with E-state index in [-0.39, 0.29) is 23.6 Å². The Morgan fingerprint density at radius 3 is 2.48 bits per heavy atom. The Hall–Kier alpha value is -3.04. The van der Waals surface area contributed by atoms with Crippen LogP contribution in [0.2, 0.25) is 0 Å².